The van der Waals surface area contributed by atoms with Gasteiger partial charge in [0, 0.05) is 10.3 Å². The van der Waals surface area contributed by atoms with E-state index >= 15 is 0 Å². The predicted octanol–water partition coefficient (Wildman–Crippen LogP) is 4.92. The van der Waals surface area contributed by atoms with E-state index in [2.05, 4.69) is 24.0 Å². The summed E-state index contributed by atoms with van der Waals surface area (Å²) in [5, 5.41) is 2.89. The van der Waals surface area contributed by atoms with Gasteiger partial charge in [-0.05, 0) is 36.2 Å². The van der Waals surface area contributed by atoms with E-state index in [1.54, 1.807) is 15.9 Å². The molecular formula is C20H18N2O2S2. The first-order valence-corrected chi connectivity index (χ1v) is 9.76. The molecule has 0 aliphatic rings. The first kappa shape index (κ1) is 17.0. The van der Waals surface area contributed by atoms with Crippen molar-refractivity contribution in [3.05, 3.63) is 68.5 Å². The third-order valence-electron chi connectivity index (χ3n) is 4.39. The van der Waals surface area contributed by atoms with Crippen molar-refractivity contribution in [2.45, 2.75) is 19.9 Å². The highest BCUT2D eigenvalue weighted by Crippen LogP contribution is 2.25. The highest BCUT2D eigenvalue weighted by atomic mass is 32.1. The molecule has 0 amide bonds. The maximum atomic E-state index is 12.8. The molecule has 1 N–H and O–H groups in total. The van der Waals surface area contributed by atoms with Crippen molar-refractivity contribution in [3.8, 4) is 5.75 Å². The summed E-state index contributed by atoms with van der Waals surface area (Å²) >= 11 is 6.97. The van der Waals surface area contributed by atoms with Crippen molar-refractivity contribution in [2.24, 2.45) is 0 Å². The zero-order valence-corrected chi connectivity index (χ0v) is 16.0. The molecule has 0 atom stereocenters. The minimum atomic E-state index is -0.0544. The van der Waals surface area contributed by atoms with Crippen LogP contribution < -0.4 is 10.3 Å². The SMILES string of the molecule is CCc1cc2c(=O)n(CCOc3cccc4ccccc34)c(=S)[nH]c2s1. The molecule has 4 rings (SSSR count). The summed E-state index contributed by atoms with van der Waals surface area (Å²) in [6.45, 7) is 2.86. The van der Waals surface area contributed by atoms with Crippen LogP contribution >= 0.6 is 23.6 Å². The number of rotatable bonds is 5. The third kappa shape index (κ3) is 3.06. The molecule has 2 aromatic carbocycles. The van der Waals surface area contributed by atoms with E-state index in [0.717, 1.165) is 27.8 Å². The summed E-state index contributed by atoms with van der Waals surface area (Å²) in [5.41, 5.74) is -0.0544. The number of nitrogens with zero attached hydrogens (tertiary/aromatic N) is 1. The predicted molar refractivity (Wildman–Crippen MR) is 110 cm³/mol. The summed E-state index contributed by atoms with van der Waals surface area (Å²) in [5.74, 6) is 0.816. The number of aromatic amines is 1. The molecule has 4 nitrogen and oxygen atoms in total. The highest BCUT2D eigenvalue weighted by Gasteiger charge is 2.10. The van der Waals surface area contributed by atoms with Crippen LogP contribution in [0.15, 0.2) is 53.3 Å². The van der Waals surface area contributed by atoms with Crippen LogP contribution in [0.4, 0.5) is 0 Å². The fourth-order valence-corrected chi connectivity index (χ4v) is 4.37. The van der Waals surface area contributed by atoms with E-state index < -0.39 is 0 Å². The molecule has 0 fully saturated rings. The second kappa shape index (κ2) is 7.05. The van der Waals surface area contributed by atoms with Crippen molar-refractivity contribution in [1.29, 1.82) is 0 Å². The monoisotopic (exact) mass is 382 g/mol. The highest BCUT2D eigenvalue weighted by molar-refractivity contribution is 7.71. The number of hydrogen-bond acceptors (Lipinski definition) is 4. The van der Waals surface area contributed by atoms with E-state index in [-0.39, 0.29) is 5.56 Å². The van der Waals surface area contributed by atoms with E-state index in [1.165, 1.54) is 4.88 Å². The zero-order chi connectivity index (χ0) is 18.1. The molecule has 0 bridgehead atoms. The average Bonchev–Trinajstić information content (AvgIpc) is 3.08. The largest absolute Gasteiger partial charge is 0.491 e. The lowest BCUT2D eigenvalue weighted by Crippen LogP contribution is -2.24. The minimum Gasteiger partial charge on any atom is -0.491 e. The van der Waals surface area contributed by atoms with Crippen molar-refractivity contribution in [2.75, 3.05) is 6.61 Å². The zero-order valence-electron chi connectivity index (χ0n) is 14.3. The number of ether oxygens (including phenoxy) is 1. The fraction of sp³-hybridized carbons (Fsp3) is 0.200. The number of H-pyrrole nitrogens is 1. The summed E-state index contributed by atoms with van der Waals surface area (Å²) < 4.78 is 7.97. The number of thiophene rings is 1. The molecule has 26 heavy (non-hydrogen) atoms. The Labute approximate surface area is 159 Å². The average molecular weight is 383 g/mol. The number of hydrogen-bond donors (Lipinski definition) is 1. The quantitative estimate of drug-likeness (QED) is 0.499. The van der Waals surface area contributed by atoms with E-state index in [9.17, 15) is 4.79 Å². The molecule has 6 heteroatoms. The smallest absolute Gasteiger partial charge is 0.263 e. The summed E-state index contributed by atoms with van der Waals surface area (Å²) in [6.07, 6.45) is 0.906. The molecule has 0 aliphatic carbocycles. The maximum Gasteiger partial charge on any atom is 0.263 e. The van der Waals surface area contributed by atoms with E-state index in [1.807, 2.05) is 36.4 Å². The molecule has 0 aliphatic heterocycles. The Morgan fingerprint density at radius 1 is 1.15 bits per heavy atom. The van der Waals surface area contributed by atoms with Gasteiger partial charge in [-0.2, -0.15) is 0 Å². The lowest BCUT2D eigenvalue weighted by molar-refractivity contribution is 0.298. The first-order valence-electron chi connectivity index (χ1n) is 8.53. The Morgan fingerprint density at radius 2 is 1.96 bits per heavy atom. The Balaban J connectivity index is 1.60. The number of nitrogens with one attached hydrogen (secondary N) is 1. The van der Waals surface area contributed by atoms with Gasteiger partial charge in [0.1, 0.15) is 17.2 Å². The Morgan fingerprint density at radius 3 is 2.81 bits per heavy atom. The first-order chi connectivity index (χ1) is 12.7. The molecule has 132 valence electrons. The van der Waals surface area contributed by atoms with Crippen molar-refractivity contribution in [3.63, 3.8) is 0 Å². The van der Waals surface area contributed by atoms with Gasteiger partial charge in [0.2, 0.25) is 0 Å². The Bertz CT molecular complexity index is 1200. The van der Waals surface area contributed by atoms with Crippen molar-refractivity contribution in [1.82, 2.24) is 9.55 Å². The Hall–Kier alpha value is -2.44. The van der Waals surface area contributed by atoms with Crippen LogP contribution in [-0.4, -0.2) is 16.2 Å². The van der Waals surface area contributed by atoms with E-state index in [4.69, 9.17) is 17.0 Å². The summed E-state index contributed by atoms with van der Waals surface area (Å²) in [7, 11) is 0. The standard InChI is InChI=1S/C20H18N2O2S2/c1-2-14-12-16-18(26-14)21-20(25)22(19(16)23)10-11-24-17-9-5-7-13-6-3-4-8-15(13)17/h3-9,12H,2,10-11H2,1H3,(H,21,25). The number of aromatic nitrogens is 2. The van der Waals surface area contributed by atoms with Gasteiger partial charge in [0.15, 0.2) is 4.77 Å². The molecule has 0 spiro atoms. The van der Waals surface area contributed by atoms with E-state index in [0.29, 0.717) is 23.3 Å². The molecule has 2 heterocycles. The lowest BCUT2D eigenvalue weighted by Gasteiger charge is -2.11. The normalized spacial score (nSPS) is 11.3. The Kier molecular flexibility index (Phi) is 4.61. The number of aryl methyl sites for hydroxylation is 1. The van der Waals surface area contributed by atoms with Gasteiger partial charge in [-0.3, -0.25) is 9.36 Å². The summed E-state index contributed by atoms with van der Waals surface area (Å²) in [6, 6.07) is 16.0. The van der Waals surface area contributed by atoms with Gasteiger partial charge in [-0.1, -0.05) is 43.3 Å². The van der Waals surface area contributed by atoms with Gasteiger partial charge in [0.25, 0.3) is 5.56 Å². The van der Waals surface area contributed by atoms with Crippen LogP contribution in [-0.2, 0) is 13.0 Å². The van der Waals surface area contributed by atoms with Crippen molar-refractivity contribution < 1.29 is 4.74 Å². The van der Waals surface area contributed by atoms with Crippen LogP contribution in [0.1, 0.15) is 11.8 Å². The minimum absolute atomic E-state index is 0.0544. The molecule has 0 unspecified atom stereocenters. The van der Waals surface area contributed by atoms with Gasteiger partial charge < -0.3 is 9.72 Å². The lowest BCUT2D eigenvalue weighted by atomic mass is 10.1. The van der Waals surface area contributed by atoms with Gasteiger partial charge >= 0.3 is 0 Å². The molecule has 4 aromatic rings. The van der Waals surface area contributed by atoms with Gasteiger partial charge in [-0.25, -0.2) is 0 Å². The molecule has 0 radical (unpaired) electrons. The van der Waals surface area contributed by atoms with Crippen LogP contribution in [0.25, 0.3) is 21.0 Å². The fourth-order valence-electron chi connectivity index (χ4n) is 3.04. The van der Waals surface area contributed by atoms with Gasteiger partial charge in [-0.15, -0.1) is 11.3 Å². The van der Waals surface area contributed by atoms with Crippen molar-refractivity contribution >= 4 is 44.5 Å². The second-order valence-corrected chi connectivity index (χ2v) is 7.55. The van der Waals surface area contributed by atoms with Crippen LogP contribution in [0.3, 0.4) is 0 Å². The van der Waals surface area contributed by atoms with Crippen LogP contribution in [0, 0.1) is 4.77 Å². The topological polar surface area (TPSA) is 47.0 Å². The number of benzene rings is 2. The summed E-state index contributed by atoms with van der Waals surface area (Å²) in [4.78, 5) is 18.0. The van der Waals surface area contributed by atoms with Crippen LogP contribution in [0.2, 0.25) is 0 Å². The maximum absolute atomic E-state index is 12.8. The second-order valence-electron chi connectivity index (χ2n) is 6.02. The molecule has 0 saturated carbocycles. The van der Waals surface area contributed by atoms with Crippen LogP contribution in [0.5, 0.6) is 5.75 Å². The number of fused-ring (bicyclic) bond motifs is 2. The van der Waals surface area contributed by atoms with Gasteiger partial charge in [0.05, 0.1) is 11.9 Å². The molecular weight excluding hydrogens is 364 g/mol. The molecule has 2 aromatic heterocycles. The third-order valence-corrected chi connectivity index (χ3v) is 5.91. The molecule has 0 saturated heterocycles.